The van der Waals surface area contributed by atoms with Gasteiger partial charge in [-0.15, -0.1) is 0 Å². The van der Waals surface area contributed by atoms with Crippen LogP contribution < -0.4 is 9.64 Å². The first-order chi connectivity index (χ1) is 18.3. The number of carbonyl (C=O) groups is 2. The summed E-state index contributed by atoms with van der Waals surface area (Å²) in [5, 5.41) is 21.6. The summed E-state index contributed by atoms with van der Waals surface area (Å²) in [7, 11) is 0. The maximum absolute atomic E-state index is 13.4. The molecule has 0 aromatic heterocycles. The van der Waals surface area contributed by atoms with Crippen molar-refractivity contribution in [1.82, 2.24) is 0 Å². The van der Waals surface area contributed by atoms with E-state index < -0.39 is 17.7 Å². The predicted octanol–water partition coefficient (Wildman–Crippen LogP) is 6.21. The van der Waals surface area contributed by atoms with E-state index in [2.05, 4.69) is 0 Å². The van der Waals surface area contributed by atoms with Gasteiger partial charge >= 0.3 is 0 Å². The number of aromatic hydroxyl groups is 1. The molecular formula is C32H27NO5. The number of benzene rings is 4. The average Bonchev–Trinajstić information content (AvgIpc) is 3.18. The number of amides is 1. The molecular weight excluding hydrogens is 478 g/mol. The van der Waals surface area contributed by atoms with E-state index in [1.807, 2.05) is 56.3 Å². The first-order valence-corrected chi connectivity index (χ1v) is 12.3. The molecule has 1 unspecified atom stereocenters. The van der Waals surface area contributed by atoms with Crippen LogP contribution >= 0.6 is 0 Å². The lowest BCUT2D eigenvalue weighted by Gasteiger charge is -2.26. The van der Waals surface area contributed by atoms with Crippen LogP contribution in [-0.4, -0.2) is 21.9 Å². The molecule has 0 saturated carbocycles. The first-order valence-electron chi connectivity index (χ1n) is 12.3. The molecule has 0 aliphatic carbocycles. The molecule has 0 spiro atoms. The third kappa shape index (κ3) is 4.76. The fraction of sp³-hybridized carbons (Fsp3) is 0.125. The van der Waals surface area contributed by atoms with Crippen LogP contribution in [-0.2, 0) is 16.2 Å². The second kappa shape index (κ2) is 10.3. The lowest BCUT2D eigenvalue weighted by Crippen LogP contribution is -2.29. The van der Waals surface area contributed by atoms with Crippen LogP contribution in [0.3, 0.4) is 0 Å². The number of rotatable bonds is 6. The standard InChI is InChI=1S/C32H27NO5/c1-20-8-6-12-25(16-20)33-29(23-11-7-13-26(34)18-23)28(31(36)32(33)37)30(35)24-14-15-27(21(2)17-24)38-19-22-9-4-3-5-10-22/h3-18,29,34-35H,19H2,1-2H3/b30-28-. The number of hydrogen-bond acceptors (Lipinski definition) is 5. The molecule has 1 aliphatic rings. The highest BCUT2D eigenvalue weighted by Crippen LogP contribution is 2.43. The van der Waals surface area contributed by atoms with Crippen LogP contribution in [0.15, 0.2) is 103 Å². The number of Topliss-reactive ketones (excluding diaryl/α,β-unsaturated/α-hetero) is 1. The van der Waals surface area contributed by atoms with E-state index >= 15 is 0 Å². The molecule has 6 heteroatoms. The number of aliphatic hydroxyl groups excluding tert-OH is 1. The molecule has 4 aromatic rings. The number of ether oxygens (including phenoxy) is 1. The maximum atomic E-state index is 13.4. The Kier molecular flexibility index (Phi) is 6.71. The van der Waals surface area contributed by atoms with Gasteiger partial charge in [0.25, 0.3) is 11.7 Å². The van der Waals surface area contributed by atoms with Crippen molar-refractivity contribution in [3.05, 3.63) is 130 Å². The van der Waals surface area contributed by atoms with Gasteiger partial charge in [0.1, 0.15) is 23.9 Å². The van der Waals surface area contributed by atoms with Gasteiger partial charge in [0, 0.05) is 11.3 Å². The monoisotopic (exact) mass is 505 g/mol. The summed E-state index contributed by atoms with van der Waals surface area (Å²) < 4.78 is 5.96. The number of aryl methyl sites for hydroxylation is 2. The number of phenolic OH excluding ortho intramolecular Hbond substituents is 1. The molecule has 0 bridgehead atoms. The van der Waals surface area contributed by atoms with Gasteiger partial charge in [-0.1, -0.05) is 54.6 Å². The molecule has 0 radical (unpaired) electrons. The number of nitrogens with zero attached hydrogens (tertiary/aromatic N) is 1. The Bertz CT molecular complexity index is 1560. The fourth-order valence-corrected chi connectivity index (χ4v) is 4.74. The zero-order chi connectivity index (χ0) is 26.8. The summed E-state index contributed by atoms with van der Waals surface area (Å²) in [5.41, 5.74) is 4.10. The van der Waals surface area contributed by atoms with Gasteiger partial charge in [-0.3, -0.25) is 14.5 Å². The smallest absolute Gasteiger partial charge is 0.300 e. The molecule has 1 heterocycles. The minimum atomic E-state index is -0.918. The number of phenols is 1. The number of aliphatic hydroxyl groups is 1. The number of ketones is 1. The van der Waals surface area contributed by atoms with E-state index in [-0.39, 0.29) is 17.1 Å². The Balaban J connectivity index is 1.57. The summed E-state index contributed by atoms with van der Waals surface area (Å²) >= 11 is 0. The van der Waals surface area contributed by atoms with E-state index in [4.69, 9.17) is 4.74 Å². The molecule has 4 aromatic carbocycles. The van der Waals surface area contributed by atoms with Crippen molar-refractivity contribution in [2.45, 2.75) is 26.5 Å². The Morgan fingerprint density at radius 1 is 0.868 bits per heavy atom. The molecule has 1 aliphatic heterocycles. The van der Waals surface area contributed by atoms with Crippen molar-refractivity contribution in [2.75, 3.05) is 4.90 Å². The number of hydrogen-bond donors (Lipinski definition) is 2. The van der Waals surface area contributed by atoms with E-state index in [1.54, 1.807) is 42.5 Å². The molecule has 190 valence electrons. The lowest BCUT2D eigenvalue weighted by atomic mass is 9.94. The minimum absolute atomic E-state index is 0.00640. The van der Waals surface area contributed by atoms with Crippen molar-refractivity contribution in [3.8, 4) is 11.5 Å². The second-order valence-corrected chi connectivity index (χ2v) is 9.36. The van der Waals surface area contributed by atoms with Gasteiger partial charge in [-0.05, 0) is 78.6 Å². The van der Waals surface area contributed by atoms with Crippen molar-refractivity contribution >= 4 is 23.1 Å². The highest BCUT2D eigenvalue weighted by molar-refractivity contribution is 6.51. The average molecular weight is 506 g/mol. The van der Waals surface area contributed by atoms with Crippen LogP contribution in [0.1, 0.15) is 33.9 Å². The van der Waals surface area contributed by atoms with E-state index in [0.717, 1.165) is 16.7 Å². The third-order valence-corrected chi connectivity index (χ3v) is 6.60. The topological polar surface area (TPSA) is 87.1 Å². The molecule has 38 heavy (non-hydrogen) atoms. The summed E-state index contributed by atoms with van der Waals surface area (Å²) in [6.07, 6.45) is 0. The van der Waals surface area contributed by atoms with E-state index in [0.29, 0.717) is 29.2 Å². The minimum Gasteiger partial charge on any atom is -0.508 e. The van der Waals surface area contributed by atoms with Gasteiger partial charge in [0.15, 0.2) is 0 Å². The summed E-state index contributed by atoms with van der Waals surface area (Å²) in [6, 6.07) is 27.6. The van der Waals surface area contributed by atoms with Crippen molar-refractivity contribution in [2.24, 2.45) is 0 Å². The predicted molar refractivity (Wildman–Crippen MR) is 146 cm³/mol. The number of anilines is 1. The molecule has 5 rings (SSSR count). The first kappa shape index (κ1) is 24.8. The third-order valence-electron chi connectivity index (χ3n) is 6.60. The van der Waals surface area contributed by atoms with Gasteiger partial charge in [-0.25, -0.2) is 0 Å². The van der Waals surface area contributed by atoms with Crippen LogP contribution in [0.2, 0.25) is 0 Å². The molecule has 1 amide bonds. The molecule has 1 saturated heterocycles. The molecule has 6 nitrogen and oxygen atoms in total. The van der Waals surface area contributed by atoms with Crippen molar-refractivity contribution in [1.29, 1.82) is 0 Å². The number of carbonyl (C=O) groups excluding carboxylic acids is 2. The molecule has 1 fully saturated rings. The van der Waals surface area contributed by atoms with Crippen LogP contribution in [0.5, 0.6) is 11.5 Å². The zero-order valence-electron chi connectivity index (χ0n) is 21.1. The normalized spacial score (nSPS) is 16.6. The Labute approximate surface area is 221 Å². The highest BCUT2D eigenvalue weighted by atomic mass is 16.5. The van der Waals surface area contributed by atoms with Gasteiger partial charge < -0.3 is 14.9 Å². The largest absolute Gasteiger partial charge is 0.508 e. The summed E-state index contributed by atoms with van der Waals surface area (Å²) in [6.45, 7) is 4.15. The Morgan fingerprint density at radius 3 is 2.34 bits per heavy atom. The van der Waals surface area contributed by atoms with Crippen molar-refractivity contribution in [3.63, 3.8) is 0 Å². The quantitative estimate of drug-likeness (QED) is 0.185. The fourth-order valence-electron chi connectivity index (χ4n) is 4.74. The summed E-state index contributed by atoms with van der Waals surface area (Å²) in [5.74, 6) is -1.18. The molecule has 1 atom stereocenters. The summed E-state index contributed by atoms with van der Waals surface area (Å²) in [4.78, 5) is 28.1. The van der Waals surface area contributed by atoms with Gasteiger partial charge in [0.2, 0.25) is 0 Å². The van der Waals surface area contributed by atoms with Crippen LogP contribution in [0, 0.1) is 13.8 Å². The van der Waals surface area contributed by atoms with Crippen LogP contribution in [0.4, 0.5) is 5.69 Å². The van der Waals surface area contributed by atoms with Crippen molar-refractivity contribution < 1.29 is 24.5 Å². The maximum Gasteiger partial charge on any atom is 0.300 e. The van der Waals surface area contributed by atoms with Gasteiger partial charge in [0.05, 0.1) is 11.6 Å². The Hall–Kier alpha value is -4.84. The zero-order valence-corrected chi connectivity index (χ0v) is 21.1. The highest BCUT2D eigenvalue weighted by Gasteiger charge is 2.47. The Morgan fingerprint density at radius 2 is 1.63 bits per heavy atom. The van der Waals surface area contributed by atoms with Gasteiger partial charge in [-0.2, -0.15) is 0 Å². The molecule has 2 N–H and O–H groups in total. The second-order valence-electron chi connectivity index (χ2n) is 9.36. The lowest BCUT2D eigenvalue weighted by molar-refractivity contribution is -0.132. The van der Waals surface area contributed by atoms with E-state index in [9.17, 15) is 19.8 Å². The van der Waals surface area contributed by atoms with E-state index in [1.165, 1.54) is 17.0 Å². The van der Waals surface area contributed by atoms with Crippen LogP contribution in [0.25, 0.3) is 5.76 Å². The SMILES string of the molecule is Cc1cccc(N2C(=O)C(=O)/C(=C(\O)c3ccc(OCc4ccccc4)c(C)c3)C2c2cccc(O)c2)c1.